The fourth-order valence-corrected chi connectivity index (χ4v) is 2.40. The molecule has 1 aromatic carbocycles. The topological polar surface area (TPSA) is 3.24 Å². The molecular weight excluding hydrogens is 194 g/mol. The average molecular weight is 217 g/mol. The van der Waals surface area contributed by atoms with Crippen LogP contribution < -0.4 is 4.90 Å². The maximum absolute atomic E-state index is 2.53. The molecule has 1 fully saturated rings. The molecule has 0 aliphatic carbocycles. The summed E-state index contributed by atoms with van der Waals surface area (Å²) in [6, 6.07) is 7.12. The zero-order valence-corrected chi connectivity index (χ0v) is 10.8. The summed E-state index contributed by atoms with van der Waals surface area (Å²) in [5.74, 6) is 0.632. The van der Waals surface area contributed by atoms with Gasteiger partial charge in [0.15, 0.2) is 0 Å². The zero-order chi connectivity index (χ0) is 11.5. The van der Waals surface area contributed by atoms with Crippen LogP contribution >= 0.6 is 0 Å². The standard InChI is InChI=1S/C15H23N/c1-4-13-9-14(12(2)3)11-15(10-13)16-7-5-6-8-16/h9-12H,4-8H2,1-3H3. The number of aryl methyl sites for hydroxylation is 1. The number of anilines is 1. The predicted molar refractivity (Wildman–Crippen MR) is 71.4 cm³/mol. The van der Waals surface area contributed by atoms with E-state index in [1.807, 2.05) is 0 Å². The molecule has 2 rings (SSSR count). The molecule has 0 unspecified atom stereocenters. The maximum Gasteiger partial charge on any atom is 0.0371 e. The van der Waals surface area contributed by atoms with Crippen molar-refractivity contribution >= 4 is 5.69 Å². The van der Waals surface area contributed by atoms with Gasteiger partial charge < -0.3 is 4.90 Å². The summed E-state index contributed by atoms with van der Waals surface area (Å²) in [7, 11) is 0. The van der Waals surface area contributed by atoms with Gasteiger partial charge in [0.05, 0.1) is 0 Å². The first-order valence-corrected chi connectivity index (χ1v) is 6.59. The average Bonchev–Trinajstić information content (AvgIpc) is 2.81. The molecule has 0 atom stereocenters. The third-order valence-electron chi connectivity index (χ3n) is 3.55. The van der Waals surface area contributed by atoms with Gasteiger partial charge in [-0.15, -0.1) is 0 Å². The van der Waals surface area contributed by atoms with Crippen molar-refractivity contribution in [2.24, 2.45) is 0 Å². The lowest BCUT2D eigenvalue weighted by Crippen LogP contribution is -2.18. The minimum absolute atomic E-state index is 0.632. The maximum atomic E-state index is 2.53. The highest BCUT2D eigenvalue weighted by Gasteiger charge is 2.14. The Morgan fingerprint density at radius 3 is 2.38 bits per heavy atom. The lowest BCUT2D eigenvalue weighted by atomic mass is 9.98. The third kappa shape index (κ3) is 2.40. The Morgan fingerprint density at radius 1 is 1.12 bits per heavy atom. The van der Waals surface area contributed by atoms with E-state index in [0.29, 0.717) is 5.92 Å². The molecule has 1 saturated heterocycles. The summed E-state index contributed by atoms with van der Waals surface area (Å²) >= 11 is 0. The van der Waals surface area contributed by atoms with Crippen molar-refractivity contribution in [3.8, 4) is 0 Å². The Hall–Kier alpha value is -0.980. The van der Waals surface area contributed by atoms with Crippen molar-refractivity contribution in [2.45, 2.75) is 46.0 Å². The van der Waals surface area contributed by atoms with E-state index in [2.05, 4.69) is 43.9 Å². The number of hydrogen-bond donors (Lipinski definition) is 0. The van der Waals surface area contributed by atoms with Gasteiger partial charge in [0, 0.05) is 18.8 Å². The third-order valence-corrected chi connectivity index (χ3v) is 3.55. The van der Waals surface area contributed by atoms with Crippen molar-refractivity contribution in [1.29, 1.82) is 0 Å². The van der Waals surface area contributed by atoms with Crippen LogP contribution in [0.1, 0.15) is 50.7 Å². The molecule has 1 nitrogen and oxygen atoms in total. The number of rotatable bonds is 3. The monoisotopic (exact) mass is 217 g/mol. The van der Waals surface area contributed by atoms with Crippen molar-refractivity contribution < 1.29 is 0 Å². The fourth-order valence-electron chi connectivity index (χ4n) is 2.40. The Bertz CT molecular complexity index is 348. The first-order valence-electron chi connectivity index (χ1n) is 6.59. The lowest BCUT2D eigenvalue weighted by Gasteiger charge is -2.20. The number of hydrogen-bond acceptors (Lipinski definition) is 1. The first-order chi connectivity index (χ1) is 7.70. The molecule has 0 aromatic heterocycles. The summed E-state index contributed by atoms with van der Waals surface area (Å²) in [5.41, 5.74) is 4.41. The van der Waals surface area contributed by atoms with Crippen molar-refractivity contribution in [3.05, 3.63) is 29.3 Å². The highest BCUT2D eigenvalue weighted by molar-refractivity contribution is 5.52. The van der Waals surface area contributed by atoms with Crippen LogP contribution in [0.5, 0.6) is 0 Å². The van der Waals surface area contributed by atoms with E-state index in [-0.39, 0.29) is 0 Å². The van der Waals surface area contributed by atoms with E-state index in [0.717, 1.165) is 6.42 Å². The second-order valence-electron chi connectivity index (χ2n) is 5.14. The van der Waals surface area contributed by atoms with Gasteiger partial charge in [-0.1, -0.05) is 26.8 Å². The van der Waals surface area contributed by atoms with Crippen LogP contribution in [0.3, 0.4) is 0 Å². The van der Waals surface area contributed by atoms with E-state index in [4.69, 9.17) is 0 Å². The quantitative estimate of drug-likeness (QED) is 0.740. The smallest absolute Gasteiger partial charge is 0.0371 e. The summed E-state index contributed by atoms with van der Waals surface area (Å²) in [6.07, 6.45) is 3.85. The van der Waals surface area contributed by atoms with Gasteiger partial charge in [-0.25, -0.2) is 0 Å². The summed E-state index contributed by atoms with van der Waals surface area (Å²) < 4.78 is 0. The molecule has 1 aliphatic rings. The van der Waals surface area contributed by atoms with Gasteiger partial charge in [0.2, 0.25) is 0 Å². The SMILES string of the molecule is CCc1cc(C(C)C)cc(N2CCCC2)c1. The molecule has 1 aromatic rings. The van der Waals surface area contributed by atoms with E-state index in [1.54, 1.807) is 0 Å². The van der Waals surface area contributed by atoms with Crippen LogP contribution in [-0.2, 0) is 6.42 Å². The Kier molecular flexibility index (Phi) is 3.52. The molecule has 0 N–H and O–H groups in total. The van der Waals surface area contributed by atoms with Crippen LogP contribution in [0, 0.1) is 0 Å². The van der Waals surface area contributed by atoms with Crippen molar-refractivity contribution in [2.75, 3.05) is 18.0 Å². The molecular formula is C15H23N. The molecule has 88 valence electrons. The van der Waals surface area contributed by atoms with Crippen LogP contribution in [0.4, 0.5) is 5.69 Å². The van der Waals surface area contributed by atoms with E-state index < -0.39 is 0 Å². The van der Waals surface area contributed by atoms with Crippen LogP contribution in [0.2, 0.25) is 0 Å². The Balaban J connectivity index is 2.32. The van der Waals surface area contributed by atoms with Gasteiger partial charge in [-0.2, -0.15) is 0 Å². The molecule has 1 aliphatic heterocycles. The number of benzene rings is 1. The largest absolute Gasteiger partial charge is 0.372 e. The number of nitrogens with zero attached hydrogens (tertiary/aromatic N) is 1. The first kappa shape index (κ1) is 11.5. The Morgan fingerprint density at radius 2 is 1.81 bits per heavy atom. The normalized spacial score (nSPS) is 16.1. The Labute approximate surface area is 99.5 Å². The fraction of sp³-hybridized carbons (Fsp3) is 0.600. The molecule has 1 heteroatoms. The van der Waals surface area contributed by atoms with Crippen LogP contribution in [0.25, 0.3) is 0 Å². The summed E-state index contributed by atoms with van der Waals surface area (Å²) in [4.78, 5) is 2.53. The van der Waals surface area contributed by atoms with Gasteiger partial charge in [0.1, 0.15) is 0 Å². The zero-order valence-electron chi connectivity index (χ0n) is 10.8. The molecule has 16 heavy (non-hydrogen) atoms. The van der Waals surface area contributed by atoms with E-state index in [9.17, 15) is 0 Å². The molecule has 1 heterocycles. The molecule has 0 radical (unpaired) electrons. The molecule has 0 amide bonds. The van der Waals surface area contributed by atoms with Crippen molar-refractivity contribution in [1.82, 2.24) is 0 Å². The van der Waals surface area contributed by atoms with Gasteiger partial charge in [0.25, 0.3) is 0 Å². The summed E-state index contributed by atoms with van der Waals surface area (Å²) in [6.45, 7) is 9.29. The van der Waals surface area contributed by atoms with Crippen molar-refractivity contribution in [3.63, 3.8) is 0 Å². The molecule has 0 spiro atoms. The highest BCUT2D eigenvalue weighted by Crippen LogP contribution is 2.26. The minimum atomic E-state index is 0.632. The lowest BCUT2D eigenvalue weighted by molar-refractivity contribution is 0.857. The summed E-state index contributed by atoms with van der Waals surface area (Å²) in [5, 5.41) is 0. The van der Waals surface area contributed by atoms with Crippen LogP contribution in [-0.4, -0.2) is 13.1 Å². The highest BCUT2D eigenvalue weighted by atomic mass is 15.1. The van der Waals surface area contributed by atoms with E-state index >= 15 is 0 Å². The van der Waals surface area contributed by atoms with Gasteiger partial charge >= 0.3 is 0 Å². The van der Waals surface area contributed by atoms with Crippen LogP contribution in [0.15, 0.2) is 18.2 Å². The predicted octanol–water partition coefficient (Wildman–Crippen LogP) is 3.97. The molecule has 0 bridgehead atoms. The molecule has 0 saturated carbocycles. The second kappa shape index (κ2) is 4.90. The second-order valence-corrected chi connectivity index (χ2v) is 5.14. The minimum Gasteiger partial charge on any atom is -0.372 e. The van der Waals surface area contributed by atoms with E-state index in [1.165, 1.54) is 42.7 Å². The van der Waals surface area contributed by atoms with Gasteiger partial charge in [-0.3, -0.25) is 0 Å². The van der Waals surface area contributed by atoms with Gasteiger partial charge in [-0.05, 0) is 48.4 Å².